The predicted molar refractivity (Wildman–Crippen MR) is 66.9 cm³/mol. The van der Waals surface area contributed by atoms with Gasteiger partial charge in [-0.3, -0.25) is 0 Å². The minimum atomic E-state index is 0.392. The molecule has 0 saturated carbocycles. The van der Waals surface area contributed by atoms with E-state index >= 15 is 0 Å². The van der Waals surface area contributed by atoms with Gasteiger partial charge in [-0.05, 0) is 13.5 Å². The van der Waals surface area contributed by atoms with Crippen LogP contribution in [0.15, 0.2) is 15.4 Å². The highest BCUT2D eigenvalue weighted by molar-refractivity contribution is 7.07. The van der Waals surface area contributed by atoms with E-state index < -0.39 is 0 Å². The number of likely N-dealkylation sites (N-methyl/N-ethyl adjacent to an activating group) is 1. The van der Waals surface area contributed by atoms with Crippen LogP contribution in [0.4, 0.5) is 0 Å². The summed E-state index contributed by atoms with van der Waals surface area (Å²) in [6, 6.07) is 0.392. The van der Waals surface area contributed by atoms with E-state index in [9.17, 15) is 0 Å². The van der Waals surface area contributed by atoms with Gasteiger partial charge >= 0.3 is 0 Å². The number of nitrogens with zero attached hydrogens (tertiary/aromatic N) is 3. The molecule has 5 nitrogen and oxygen atoms in total. The normalized spacial score (nSPS) is 12.8. The summed E-state index contributed by atoms with van der Waals surface area (Å²) in [5.41, 5.74) is 2.54. The van der Waals surface area contributed by atoms with E-state index in [0.29, 0.717) is 17.8 Å². The molecule has 2 aromatic rings. The fraction of sp³-hybridized carbons (Fsp3) is 0.545. The van der Waals surface area contributed by atoms with E-state index in [4.69, 9.17) is 4.52 Å². The third-order valence-corrected chi connectivity index (χ3v) is 3.18. The molecule has 2 heterocycles. The quantitative estimate of drug-likeness (QED) is 0.853. The zero-order valence-corrected chi connectivity index (χ0v) is 10.8. The van der Waals surface area contributed by atoms with Crippen LogP contribution in [0.1, 0.15) is 25.7 Å². The van der Waals surface area contributed by atoms with Gasteiger partial charge < -0.3 is 9.84 Å². The van der Waals surface area contributed by atoms with Gasteiger partial charge in [0.1, 0.15) is 5.69 Å². The highest BCUT2D eigenvalue weighted by atomic mass is 32.1. The number of rotatable bonds is 6. The highest BCUT2D eigenvalue weighted by Crippen LogP contribution is 2.16. The monoisotopic (exact) mass is 252 g/mol. The van der Waals surface area contributed by atoms with Crippen molar-refractivity contribution in [2.45, 2.75) is 32.2 Å². The van der Waals surface area contributed by atoms with E-state index in [1.165, 1.54) is 11.3 Å². The van der Waals surface area contributed by atoms with Crippen LogP contribution in [0.5, 0.6) is 0 Å². The summed E-state index contributed by atoms with van der Waals surface area (Å²) in [5.74, 6) is 1.24. The topological polar surface area (TPSA) is 63.8 Å². The molecule has 0 amide bonds. The predicted octanol–water partition coefficient (Wildman–Crippen LogP) is 2.12. The summed E-state index contributed by atoms with van der Waals surface area (Å²) in [6.45, 7) is 2.17. The number of nitrogens with one attached hydrogen (secondary N) is 1. The van der Waals surface area contributed by atoms with E-state index in [0.717, 1.165) is 25.0 Å². The van der Waals surface area contributed by atoms with Gasteiger partial charge in [0.25, 0.3) is 0 Å². The Morgan fingerprint density at radius 2 is 2.41 bits per heavy atom. The lowest BCUT2D eigenvalue weighted by molar-refractivity contribution is 0.356. The first kappa shape index (κ1) is 12.2. The van der Waals surface area contributed by atoms with Gasteiger partial charge in [0.15, 0.2) is 0 Å². The van der Waals surface area contributed by atoms with Gasteiger partial charge in [0.05, 0.1) is 5.51 Å². The van der Waals surface area contributed by atoms with Gasteiger partial charge in [-0.15, -0.1) is 11.3 Å². The maximum atomic E-state index is 5.23. The molecule has 1 N–H and O–H groups in total. The number of thiazole rings is 1. The lowest BCUT2D eigenvalue weighted by atomic mass is 10.1. The SMILES string of the molecule is CCCC(Cc1nc(-c2cscn2)no1)NC. The standard InChI is InChI=1S/C11H16N4OS/c1-3-4-8(12-2)5-10-14-11(15-16-10)9-6-17-7-13-9/h6-8,12H,3-5H2,1-2H3. The third-order valence-electron chi connectivity index (χ3n) is 2.60. The molecule has 0 spiro atoms. The van der Waals surface area contributed by atoms with E-state index in [1.54, 1.807) is 5.51 Å². The average molecular weight is 252 g/mol. The molecular formula is C11H16N4OS. The van der Waals surface area contributed by atoms with Crippen molar-refractivity contribution in [3.8, 4) is 11.5 Å². The van der Waals surface area contributed by atoms with E-state index in [1.807, 2.05) is 12.4 Å². The first-order valence-electron chi connectivity index (χ1n) is 5.72. The molecule has 2 rings (SSSR count). The Labute approximate surface area is 104 Å². The Morgan fingerprint density at radius 3 is 3.06 bits per heavy atom. The van der Waals surface area contributed by atoms with Gasteiger partial charge in [-0.25, -0.2) is 4.98 Å². The first-order valence-corrected chi connectivity index (χ1v) is 6.66. The van der Waals surface area contributed by atoms with Crippen molar-refractivity contribution in [1.82, 2.24) is 20.4 Å². The summed E-state index contributed by atoms with van der Waals surface area (Å²) < 4.78 is 5.23. The second-order valence-corrected chi connectivity index (χ2v) is 4.58. The fourth-order valence-electron chi connectivity index (χ4n) is 1.67. The second kappa shape index (κ2) is 5.88. The molecular weight excluding hydrogens is 236 g/mol. The molecule has 0 fully saturated rings. The summed E-state index contributed by atoms with van der Waals surface area (Å²) in [7, 11) is 1.96. The van der Waals surface area contributed by atoms with E-state index in [2.05, 4.69) is 27.4 Å². The minimum Gasteiger partial charge on any atom is -0.339 e. The highest BCUT2D eigenvalue weighted by Gasteiger charge is 2.14. The van der Waals surface area contributed by atoms with Crippen molar-refractivity contribution in [3.63, 3.8) is 0 Å². The smallest absolute Gasteiger partial charge is 0.228 e. The Morgan fingerprint density at radius 1 is 1.53 bits per heavy atom. The average Bonchev–Trinajstić information content (AvgIpc) is 2.98. The van der Waals surface area contributed by atoms with Gasteiger partial charge in [0, 0.05) is 17.8 Å². The second-order valence-electron chi connectivity index (χ2n) is 3.86. The van der Waals surface area contributed by atoms with Crippen molar-refractivity contribution in [2.24, 2.45) is 0 Å². The summed E-state index contributed by atoms with van der Waals surface area (Å²) in [4.78, 5) is 8.50. The minimum absolute atomic E-state index is 0.392. The third kappa shape index (κ3) is 3.10. The number of hydrogen-bond donors (Lipinski definition) is 1. The molecule has 6 heteroatoms. The van der Waals surface area contributed by atoms with Crippen LogP contribution in [-0.4, -0.2) is 28.2 Å². The molecule has 0 bridgehead atoms. The fourth-order valence-corrected chi connectivity index (χ4v) is 2.20. The zero-order chi connectivity index (χ0) is 12.1. The van der Waals surface area contributed by atoms with Crippen LogP contribution in [0.25, 0.3) is 11.5 Å². The van der Waals surface area contributed by atoms with Crippen LogP contribution in [0, 0.1) is 0 Å². The molecule has 0 saturated heterocycles. The molecule has 0 aliphatic carbocycles. The van der Waals surface area contributed by atoms with Crippen molar-refractivity contribution in [3.05, 3.63) is 16.8 Å². The molecule has 0 aliphatic rings. The maximum absolute atomic E-state index is 5.23. The Bertz CT molecular complexity index is 440. The number of hydrogen-bond acceptors (Lipinski definition) is 6. The Hall–Kier alpha value is -1.27. The van der Waals surface area contributed by atoms with Crippen molar-refractivity contribution >= 4 is 11.3 Å². The van der Waals surface area contributed by atoms with Crippen molar-refractivity contribution < 1.29 is 4.52 Å². The maximum Gasteiger partial charge on any atom is 0.228 e. The van der Waals surface area contributed by atoms with Crippen LogP contribution in [-0.2, 0) is 6.42 Å². The Kier molecular flexibility index (Phi) is 4.22. The van der Waals surface area contributed by atoms with Crippen LogP contribution in [0.3, 0.4) is 0 Å². The molecule has 1 unspecified atom stereocenters. The van der Waals surface area contributed by atoms with Gasteiger partial charge in [-0.1, -0.05) is 18.5 Å². The molecule has 0 aliphatic heterocycles. The summed E-state index contributed by atoms with van der Waals surface area (Å²) in [5, 5.41) is 9.10. The molecule has 2 aromatic heterocycles. The van der Waals surface area contributed by atoms with Crippen molar-refractivity contribution in [1.29, 1.82) is 0 Å². The zero-order valence-electron chi connectivity index (χ0n) is 10.0. The lowest BCUT2D eigenvalue weighted by Gasteiger charge is -2.11. The molecule has 1 atom stereocenters. The van der Waals surface area contributed by atoms with Crippen LogP contribution < -0.4 is 5.32 Å². The molecule has 0 aromatic carbocycles. The summed E-state index contributed by atoms with van der Waals surface area (Å²) in [6.07, 6.45) is 3.00. The van der Waals surface area contributed by atoms with Gasteiger partial charge in [0.2, 0.25) is 11.7 Å². The van der Waals surface area contributed by atoms with Crippen LogP contribution in [0.2, 0.25) is 0 Å². The molecule has 92 valence electrons. The van der Waals surface area contributed by atoms with Crippen molar-refractivity contribution in [2.75, 3.05) is 7.05 Å². The Balaban J connectivity index is 2.03. The number of aromatic nitrogens is 3. The first-order chi connectivity index (χ1) is 8.33. The molecule has 0 radical (unpaired) electrons. The molecule has 17 heavy (non-hydrogen) atoms. The van der Waals surface area contributed by atoms with Crippen LogP contribution >= 0.6 is 11.3 Å². The lowest BCUT2D eigenvalue weighted by Crippen LogP contribution is -2.27. The van der Waals surface area contributed by atoms with Gasteiger partial charge in [-0.2, -0.15) is 4.98 Å². The van der Waals surface area contributed by atoms with E-state index in [-0.39, 0.29) is 0 Å². The summed E-state index contributed by atoms with van der Waals surface area (Å²) >= 11 is 1.53. The largest absolute Gasteiger partial charge is 0.339 e.